The molecule has 2 unspecified atom stereocenters. The molecule has 2 atom stereocenters. The van der Waals surface area contributed by atoms with E-state index in [9.17, 15) is 9.59 Å². The summed E-state index contributed by atoms with van der Waals surface area (Å²) in [5.74, 6) is -0.256. The number of rotatable bonds is 5. The second-order valence-corrected chi connectivity index (χ2v) is 6.52. The number of anilines is 1. The van der Waals surface area contributed by atoms with E-state index >= 15 is 0 Å². The lowest BCUT2D eigenvalue weighted by Gasteiger charge is -2.37. The van der Waals surface area contributed by atoms with Crippen LogP contribution in [0.4, 0.5) is 5.69 Å². The van der Waals surface area contributed by atoms with Gasteiger partial charge in [-0.3, -0.25) is 9.59 Å². The summed E-state index contributed by atoms with van der Waals surface area (Å²) in [6.07, 6.45) is 6.59. The number of nitrogens with zero attached hydrogens (tertiary/aromatic N) is 2. The lowest BCUT2D eigenvalue weighted by molar-refractivity contribution is -0.130. The van der Waals surface area contributed by atoms with Crippen LogP contribution in [0.15, 0.2) is 31.1 Å². The molecule has 2 aromatic rings. The van der Waals surface area contributed by atoms with E-state index in [-0.39, 0.29) is 11.9 Å². The number of piperidine rings is 1. The van der Waals surface area contributed by atoms with E-state index in [2.05, 4.69) is 28.8 Å². The van der Waals surface area contributed by atoms with E-state index < -0.39 is 5.91 Å². The van der Waals surface area contributed by atoms with Gasteiger partial charge in [0.15, 0.2) is 0 Å². The second-order valence-electron chi connectivity index (χ2n) is 6.52. The highest BCUT2D eigenvalue weighted by molar-refractivity contribution is 6.05. The molecule has 1 fully saturated rings. The number of nitrogens with one attached hydrogen (secondary N) is 2. The first-order valence-electron chi connectivity index (χ1n) is 8.44. The number of aromatic amines is 1. The molecule has 1 saturated heterocycles. The molecule has 0 bridgehead atoms. The van der Waals surface area contributed by atoms with Gasteiger partial charge in [-0.15, -0.1) is 0 Å². The molecular weight excluding hydrogens is 318 g/mol. The Hall–Kier alpha value is -2.83. The van der Waals surface area contributed by atoms with Crippen LogP contribution in [-0.2, 0) is 4.79 Å². The summed E-state index contributed by atoms with van der Waals surface area (Å²) in [4.78, 5) is 32.8. The Kier molecular flexibility index (Phi) is 4.74. The van der Waals surface area contributed by atoms with Crippen molar-refractivity contribution in [1.82, 2.24) is 14.9 Å². The van der Waals surface area contributed by atoms with E-state index in [1.807, 2.05) is 11.0 Å². The van der Waals surface area contributed by atoms with Crippen molar-refractivity contribution in [2.45, 2.75) is 25.8 Å². The smallest absolute Gasteiger partial charge is 0.252 e. The number of carbonyl (C=O) groups excluding carboxylic acids is 2. The molecule has 0 aliphatic carbocycles. The Labute approximate surface area is 146 Å². The summed E-state index contributed by atoms with van der Waals surface area (Å²) in [6, 6.07) is 2.09. The monoisotopic (exact) mass is 341 g/mol. The van der Waals surface area contributed by atoms with Gasteiger partial charge in [0, 0.05) is 36.9 Å². The summed E-state index contributed by atoms with van der Waals surface area (Å²) in [7, 11) is 0. The number of aromatic nitrogens is 2. The second kappa shape index (κ2) is 6.96. The normalized spacial score (nSPS) is 20.4. The summed E-state index contributed by atoms with van der Waals surface area (Å²) in [6.45, 7) is 6.96. The fourth-order valence-corrected chi connectivity index (χ4v) is 3.40. The summed E-state index contributed by atoms with van der Waals surface area (Å²) in [5, 5.41) is 4.19. The first-order valence-corrected chi connectivity index (χ1v) is 8.44. The predicted octanol–water partition coefficient (Wildman–Crippen LogP) is 1.89. The Bertz CT molecular complexity index is 813. The van der Waals surface area contributed by atoms with Crippen LogP contribution in [0, 0.1) is 5.92 Å². The number of fused-ring (bicyclic) bond motifs is 1. The predicted molar refractivity (Wildman–Crippen MR) is 97.2 cm³/mol. The molecule has 7 heteroatoms. The molecule has 0 radical (unpaired) electrons. The van der Waals surface area contributed by atoms with Crippen LogP contribution in [0.1, 0.15) is 30.1 Å². The maximum Gasteiger partial charge on any atom is 0.252 e. The highest BCUT2D eigenvalue weighted by Crippen LogP contribution is 2.27. The molecule has 2 amide bonds. The van der Waals surface area contributed by atoms with Gasteiger partial charge >= 0.3 is 0 Å². The van der Waals surface area contributed by atoms with Crippen molar-refractivity contribution >= 4 is 28.5 Å². The molecule has 25 heavy (non-hydrogen) atoms. The Balaban J connectivity index is 1.77. The number of H-pyrrole nitrogens is 1. The number of amides is 2. The van der Waals surface area contributed by atoms with E-state index in [1.165, 1.54) is 12.3 Å². The fourth-order valence-electron chi connectivity index (χ4n) is 3.40. The van der Waals surface area contributed by atoms with Crippen molar-refractivity contribution in [3.8, 4) is 0 Å². The fraction of sp³-hybridized carbons (Fsp3) is 0.389. The SMILES string of the molecule is C=CC(=O)N1CC(CNc2c(C(N)=O)cnc3[nH]ccc23)CCC1C. The van der Waals surface area contributed by atoms with Crippen molar-refractivity contribution in [1.29, 1.82) is 0 Å². The minimum absolute atomic E-state index is 0.0352. The van der Waals surface area contributed by atoms with Gasteiger partial charge in [0.05, 0.1) is 11.3 Å². The van der Waals surface area contributed by atoms with Crippen LogP contribution in [0.2, 0.25) is 0 Å². The lowest BCUT2D eigenvalue weighted by Crippen LogP contribution is -2.46. The van der Waals surface area contributed by atoms with Gasteiger partial charge in [-0.05, 0) is 37.8 Å². The van der Waals surface area contributed by atoms with Crippen LogP contribution in [0.3, 0.4) is 0 Å². The summed E-state index contributed by atoms with van der Waals surface area (Å²) >= 11 is 0. The van der Waals surface area contributed by atoms with Crippen molar-refractivity contribution in [2.75, 3.05) is 18.4 Å². The zero-order chi connectivity index (χ0) is 18.0. The molecule has 132 valence electrons. The molecule has 4 N–H and O–H groups in total. The van der Waals surface area contributed by atoms with Gasteiger partial charge < -0.3 is 20.9 Å². The first kappa shape index (κ1) is 17.0. The number of hydrogen-bond acceptors (Lipinski definition) is 4. The minimum atomic E-state index is -0.515. The van der Waals surface area contributed by atoms with E-state index in [1.54, 1.807) is 6.20 Å². The third kappa shape index (κ3) is 3.35. The third-order valence-corrected chi connectivity index (χ3v) is 4.86. The van der Waals surface area contributed by atoms with Crippen molar-refractivity contribution < 1.29 is 9.59 Å². The molecule has 0 aromatic carbocycles. The highest BCUT2D eigenvalue weighted by atomic mass is 16.2. The third-order valence-electron chi connectivity index (χ3n) is 4.86. The zero-order valence-corrected chi connectivity index (χ0v) is 14.3. The molecule has 2 aromatic heterocycles. The molecule has 3 rings (SSSR count). The van der Waals surface area contributed by atoms with Gasteiger partial charge in [0.1, 0.15) is 5.65 Å². The Morgan fingerprint density at radius 2 is 2.32 bits per heavy atom. The molecule has 1 aliphatic heterocycles. The number of hydrogen-bond donors (Lipinski definition) is 3. The molecule has 0 saturated carbocycles. The van der Waals surface area contributed by atoms with Gasteiger partial charge in [0.2, 0.25) is 5.91 Å². The molecular formula is C18H23N5O2. The van der Waals surface area contributed by atoms with Crippen molar-refractivity contribution in [2.24, 2.45) is 11.7 Å². The highest BCUT2D eigenvalue weighted by Gasteiger charge is 2.28. The maximum atomic E-state index is 12.0. The quantitative estimate of drug-likeness (QED) is 0.722. The van der Waals surface area contributed by atoms with Gasteiger partial charge in [-0.2, -0.15) is 0 Å². The van der Waals surface area contributed by atoms with Crippen molar-refractivity contribution in [3.63, 3.8) is 0 Å². The van der Waals surface area contributed by atoms with Gasteiger partial charge in [-0.1, -0.05) is 6.58 Å². The number of primary amides is 1. The van der Waals surface area contributed by atoms with Crippen molar-refractivity contribution in [3.05, 3.63) is 36.7 Å². The molecule has 3 heterocycles. The molecule has 7 nitrogen and oxygen atoms in total. The summed E-state index contributed by atoms with van der Waals surface area (Å²) < 4.78 is 0. The van der Waals surface area contributed by atoms with Gasteiger partial charge in [0.25, 0.3) is 5.91 Å². The molecule has 1 aliphatic rings. The zero-order valence-electron chi connectivity index (χ0n) is 14.3. The van der Waals surface area contributed by atoms with E-state index in [0.29, 0.717) is 35.9 Å². The number of carbonyl (C=O) groups is 2. The van der Waals surface area contributed by atoms with E-state index in [4.69, 9.17) is 5.73 Å². The average Bonchev–Trinajstić information content (AvgIpc) is 3.08. The number of nitrogens with two attached hydrogens (primary N) is 1. The molecule has 0 spiro atoms. The lowest BCUT2D eigenvalue weighted by atomic mass is 9.93. The minimum Gasteiger partial charge on any atom is -0.383 e. The largest absolute Gasteiger partial charge is 0.383 e. The average molecular weight is 341 g/mol. The number of likely N-dealkylation sites (tertiary alicyclic amines) is 1. The summed E-state index contributed by atoms with van der Waals surface area (Å²) in [5.41, 5.74) is 7.25. The topological polar surface area (TPSA) is 104 Å². The van der Waals surface area contributed by atoms with Crippen LogP contribution >= 0.6 is 0 Å². The Morgan fingerprint density at radius 1 is 1.52 bits per heavy atom. The number of pyridine rings is 1. The standard InChI is InChI=1S/C18H23N5O2/c1-3-15(24)23-10-12(5-4-11(23)2)8-21-16-13-6-7-20-18(13)22-9-14(16)17(19)25/h3,6-7,9,11-12H,1,4-5,8,10H2,2H3,(H2,19,25)(H2,20,21,22). The van der Waals surface area contributed by atoms with Gasteiger partial charge in [-0.25, -0.2) is 4.98 Å². The first-order chi connectivity index (χ1) is 12.0. The van der Waals surface area contributed by atoms with Crippen LogP contribution < -0.4 is 11.1 Å². The van der Waals surface area contributed by atoms with E-state index in [0.717, 1.165) is 18.2 Å². The maximum absolute atomic E-state index is 12.0. The van der Waals surface area contributed by atoms with Crippen LogP contribution in [-0.4, -0.2) is 45.8 Å². The van der Waals surface area contributed by atoms with Crippen LogP contribution in [0.5, 0.6) is 0 Å². The Morgan fingerprint density at radius 3 is 3.04 bits per heavy atom. The van der Waals surface area contributed by atoms with Crippen LogP contribution in [0.25, 0.3) is 11.0 Å².